The molecule has 0 atom stereocenters. The van der Waals surface area contributed by atoms with Crippen LogP contribution in [0.2, 0.25) is 0 Å². The molecule has 0 saturated heterocycles. The first-order chi connectivity index (χ1) is 2.56. The average Bonchev–Trinajstić information content (AvgIpc) is 1.35. The zero-order valence-electron chi connectivity index (χ0n) is 5.23. The Morgan fingerprint density at radius 1 is 1.29 bits per heavy atom. The number of rotatable bonds is 1. The third-order valence-electron chi connectivity index (χ3n) is 0.548. The third kappa shape index (κ3) is 10.9. The molecule has 7 heavy (non-hydrogen) atoms. The smallest absolute Gasteiger partial charge is 0.205 e. The maximum absolute atomic E-state index is 5.19. The minimum absolute atomic E-state index is 0. The van der Waals surface area contributed by atoms with Crippen LogP contribution in [-0.2, 0) is 4.21 Å². The SMILES string of the molecule is C[P+](C)(C)O[SiH3].[Cl-]. The molecule has 0 aromatic rings. The van der Waals surface area contributed by atoms with Crippen molar-refractivity contribution in [1.29, 1.82) is 0 Å². The van der Waals surface area contributed by atoms with Gasteiger partial charge in [0.05, 0.1) is 20.0 Å². The van der Waals surface area contributed by atoms with Crippen molar-refractivity contribution in [2.45, 2.75) is 0 Å². The summed E-state index contributed by atoms with van der Waals surface area (Å²) in [6.45, 7) is 6.50. The molecule has 0 saturated carbocycles. The van der Waals surface area contributed by atoms with E-state index in [2.05, 4.69) is 20.0 Å². The lowest BCUT2D eigenvalue weighted by Crippen LogP contribution is -3.00. The molecule has 1 nitrogen and oxygen atoms in total. The highest BCUT2D eigenvalue weighted by atomic mass is 35.5. The topological polar surface area (TPSA) is 9.23 Å². The first-order valence-electron chi connectivity index (χ1n) is 1.93. The van der Waals surface area contributed by atoms with E-state index in [1.807, 2.05) is 0 Å². The van der Waals surface area contributed by atoms with Gasteiger partial charge in [0, 0.05) is 0 Å². The lowest BCUT2D eigenvalue weighted by molar-refractivity contribution is -0.00000222. The fourth-order valence-corrected chi connectivity index (χ4v) is 0. The molecule has 0 amide bonds. The van der Waals surface area contributed by atoms with Crippen molar-refractivity contribution in [3.05, 3.63) is 0 Å². The second kappa shape index (κ2) is 3.85. The molecule has 0 N–H and O–H groups in total. The van der Waals surface area contributed by atoms with Crippen LogP contribution in [0, 0.1) is 0 Å². The van der Waals surface area contributed by atoms with E-state index in [9.17, 15) is 0 Å². The normalized spacial score (nSPS) is 10.7. The Morgan fingerprint density at radius 3 is 1.43 bits per heavy atom. The summed E-state index contributed by atoms with van der Waals surface area (Å²) in [7, 11) is 0.0625. The van der Waals surface area contributed by atoms with Crippen molar-refractivity contribution in [2.24, 2.45) is 0 Å². The van der Waals surface area contributed by atoms with Crippen LogP contribution in [0.25, 0.3) is 0 Å². The lowest BCUT2D eigenvalue weighted by Gasteiger charge is -2.05. The van der Waals surface area contributed by atoms with Gasteiger partial charge in [0.1, 0.15) is 7.49 Å². The molecule has 0 spiro atoms. The molecule has 0 aromatic carbocycles. The highest BCUT2D eigenvalue weighted by Crippen LogP contribution is 2.45. The Balaban J connectivity index is 0. The lowest BCUT2D eigenvalue weighted by atomic mass is 11.9. The van der Waals surface area contributed by atoms with Crippen molar-refractivity contribution >= 4 is 18.0 Å². The first kappa shape index (κ1) is 10.8. The molecule has 0 fully saturated rings. The van der Waals surface area contributed by atoms with Gasteiger partial charge in [0.15, 0.2) is 0 Å². The molecule has 0 unspecified atom stereocenters. The van der Waals surface area contributed by atoms with Crippen LogP contribution in [0.4, 0.5) is 0 Å². The van der Waals surface area contributed by atoms with Crippen molar-refractivity contribution in [1.82, 2.24) is 0 Å². The van der Waals surface area contributed by atoms with E-state index in [0.29, 0.717) is 0 Å². The quantitative estimate of drug-likeness (QED) is 0.294. The average molecular weight is 159 g/mol. The summed E-state index contributed by atoms with van der Waals surface area (Å²) in [4.78, 5) is 0. The molecule has 0 heterocycles. The van der Waals surface area contributed by atoms with Gasteiger partial charge in [-0.05, 0) is 0 Å². The van der Waals surface area contributed by atoms with Gasteiger partial charge in [0.25, 0.3) is 0 Å². The van der Waals surface area contributed by atoms with E-state index in [-0.39, 0.29) is 12.4 Å². The van der Waals surface area contributed by atoms with Gasteiger partial charge in [0.2, 0.25) is 10.5 Å². The summed E-state index contributed by atoms with van der Waals surface area (Å²) < 4.78 is 5.19. The molecular formula is C3H12ClOPSi. The summed E-state index contributed by atoms with van der Waals surface area (Å²) >= 11 is 0. The molecule has 4 heteroatoms. The molecule has 0 radical (unpaired) electrons. The van der Waals surface area contributed by atoms with Crippen LogP contribution in [0.1, 0.15) is 0 Å². The highest BCUT2D eigenvalue weighted by molar-refractivity contribution is 7.69. The zero-order chi connectivity index (χ0) is 5.21. The van der Waals surface area contributed by atoms with E-state index in [1.54, 1.807) is 0 Å². The first-order valence-corrected chi connectivity index (χ1v) is 5.80. The van der Waals surface area contributed by atoms with Gasteiger partial charge in [-0.2, -0.15) is 0 Å². The Hall–Kier alpha value is 0.897. The minimum Gasteiger partial charge on any atom is -1.00 e. The van der Waals surface area contributed by atoms with E-state index < -0.39 is 7.49 Å². The van der Waals surface area contributed by atoms with Gasteiger partial charge in [-0.25, -0.2) is 0 Å². The molecule has 46 valence electrons. The molecule has 0 bridgehead atoms. The number of hydrogen-bond acceptors (Lipinski definition) is 1. The second-order valence-corrected chi connectivity index (χ2v) is 7.31. The van der Waals surface area contributed by atoms with E-state index in [0.717, 1.165) is 10.5 Å². The van der Waals surface area contributed by atoms with Gasteiger partial charge in [-0.1, -0.05) is 0 Å². The summed E-state index contributed by atoms with van der Waals surface area (Å²) in [6.07, 6.45) is 0. The molecule has 0 rings (SSSR count). The summed E-state index contributed by atoms with van der Waals surface area (Å²) in [5.41, 5.74) is 0. The van der Waals surface area contributed by atoms with E-state index >= 15 is 0 Å². The fourth-order valence-electron chi connectivity index (χ4n) is 0. The maximum atomic E-state index is 5.19. The van der Waals surface area contributed by atoms with Crippen LogP contribution in [0.5, 0.6) is 0 Å². The van der Waals surface area contributed by atoms with Gasteiger partial charge < -0.3 is 12.4 Å². The highest BCUT2D eigenvalue weighted by Gasteiger charge is 2.12. The van der Waals surface area contributed by atoms with Crippen molar-refractivity contribution in [2.75, 3.05) is 20.0 Å². The zero-order valence-corrected chi connectivity index (χ0v) is 8.88. The fraction of sp³-hybridized carbons (Fsp3) is 1.00. The number of hydrogen-bond donors (Lipinski definition) is 0. The predicted molar refractivity (Wildman–Crippen MR) is 35.7 cm³/mol. The molecular weight excluding hydrogens is 147 g/mol. The van der Waals surface area contributed by atoms with Gasteiger partial charge in [-0.15, -0.1) is 0 Å². The standard InChI is InChI=1S/C3H12OPSi.ClH/c1-5(2,3)4-6;/h1-3,6H3;1H/q+1;/p-1. The molecule has 0 aliphatic rings. The van der Waals surface area contributed by atoms with E-state index in [1.165, 1.54) is 0 Å². The summed E-state index contributed by atoms with van der Waals surface area (Å²) in [5, 5.41) is 0. The van der Waals surface area contributed by atoms with Crippen LogP contribution in [-0.4, -0.2) is 30.5 Å². The Morgan fingerprint density at radius 2 is 1.43 bits per heavy atom. The van der Waals surface area contributed by atoms with Crippen LogP contribution in [0.3, 0.4) is 0 Å². The molecule has 0 aromatic heterocycles. The predicted octanol–water partition coefficient (Wildman–Crippen LogP) is -2.89. The van der Waals surface area contributed by atoms with Gasteiger partial charge >= 0.3 is 0 Å². The number of halogens is 1. The third-order valence-corrected chi connectivity index (χ3v) is 4.93. The van der Waals surface area contributed by atoms with Gasteiger partial charge in [-0.3, -0.25) is 4.21 Å². The van der Waals surface area contributed by atoms with Crippen LogP contribution in [0.15, 0.2) is 0 Å². The van der Waals surface area contributed by atoms with Crippen molar-refractivity contribution in [3.63, 3.8) is 0 Å². The Kier molecular flexibility index (Phi) is 5.93. The van der Waals surface area contributed by atoms with Crippen LogP contribution < -0.4 is 12.4 Å². The summed E-state index contributed by atoms with van der Waals surface area (Å²) in [5.74, 6) is 0. The monoisotopic (exact) mass is 158 g/mol. The Labute approximate surface area is 55.2 Å². The van der Waals surface area contributed by atoms with Crippen molar-refractivity contribution in [3.8, 4) is 0 Å². The largest absolute Gasteiger partial charge is 1.00 e. The summed E-state index contributed by atoms with van der Waals surface area (Å²) in [6, 6.07) is 0. The Bertz CT molecular complexity index is 44.7. The van der Waals surface area contributed by atoms with Crippen molar-refractivity contribution < 1.29 is 16.6 Å². The maximum Gasteiger partial charge on any atom is 0.205 e. The van der Waals surface area contributed by atoms with E-state index in [4.69, 9.17) is 4.21 Å². The molecule has 0 aliphatic heterocycles. The van der Waals surface area contributed by atoms with Crippen LogP contribution >= 0.6 is 7.49 Å². The second-order valence-electron chi connectivity index (χ2n) is 2.07. The minimum atomic E-state index is -0.835. The molecule has 0 aliphatic carbocycles.